The molecule has 0 aliphatic carbocycles. The van der Waals surface area contributed by atoms with Gasteiger partial charge in [0.1, 0.15) is 55.4 Å². The molecule has 420 valence electrons. The van der Waals surface area contributed by atoms with E-state index < -0.39 is 92.7 Å². The average Bonchev–Trinajstić information content (AvgIpc) is 3.37. The fourth-order valence-corrected chi connectivity index (χ4v) is 9.00. The first-order valence-corrected chi connectivity index (χ1v) is 28.6. The van der Waals surface area contributed by atoms with E-state index in [9.17, 15) is 45.3 Å². The standard InChI is InChI=1S/C57H102O15/c1-3-5-7-9-11-13-15-17-19-20-21-22-23-24-26-28-30-32-34-36-38-40-49(60)70-45(42-67-48(59)39-37-35-33-31-29-27-25-18-16-14-12-10-8-6-4-2)43-68-56-55(66)53(64)51(62)47(72-56)44-69-57-54(65)52(63)50(61)46(41-58)71-57/h6,8,12,14,18,25,45-47,50-58,61-66H,3-5,7,9-11,13,15-17,19-24,26-44H2,1-2H3/b8-6+,14-12+,25-18+/t45-,46+,47+,50-,51-,52?,53?,54?,55?,56+,57+/m1/s1. The summed E-state index contributed by atoms with van der Waals surface area (Å²) in [6.07, 6.45) is 31.7. The van der Waals surface area contributed by atoms with Crippen LogP contribution in [-0.4, -0.2) is 142 Å². The maximum atomic E-state index is 13.1. The molecule has 2 heterocycles. The number of aliphatic hydroxyl groups is 7. The van der Waals surface area contributed by atoms with Crippen LogP contribution in [0.1, 0.15) is 219 Å². The van der Waals surface area contributed by atoms with Gasteiger partial charge in [-0.2, -0.15) is 0 Å². The molecule has 0 amide bonds. The Morgan fingerprint density at radius 1 is 0.458 bits per heavy atom. The summed E-state index contributed by atoms with van der Waals surface area (Å²) in [5, 5.41) is 72.2. The van der Waals surface area contributed by atoms with Crippen molar-refractivity contribution in [2.75, 3.05) is 26.4 Å². The normalized spacial score (nSPS) is 25.2. The van der Waals surface area contributed by atoms with Gasteiger partial charge in [-0.05, 0) is 44.9 Å². The molecule has 11 atom stereocenters. The van der Waals surface area contributed by atoms with Gasteiger partial charge >= 0.3 is 11.9 Å². The van der Waals surface area contributed by atoms with Crippen molar-refractivity contribution in [2.45, 2.75) is 287 Å². The molecule has 72 heavy (non-hydrogen) atoms. The number of aliphatic hydroxyl groups excluding tert-OH is 7. The van der Waals surface area contributed by atoms with Crippen molar-refractivity contribution in [3.63, 3.8) is 0 Å². The lowest BCUT2D eigenvalue weighted by atomic mass is 9.98. The fraction of sp³-hybridized carbons (Fsp3) is 0.860. The van der Waals surface area contributed by atoms with Gasteiger partial charge in [0.25, 0.3) is 0 Å². The van der Waals surface area contributed by atoms with Gasteiger partial charge in [-0.15, -0.1) is 0 Å². The molecule has 2 fully saturated rings. The number of carbonyl (C=O) groups is 2. The van der Waals surface area contributed by atoms with Gasteiger partial charge in [0.2, 0.25) is 0 Å². The highest BCUT2D eigenvalue weighted by Crippen LogP contribution is 2.27. The first-order valence-electron chi connectivity index (χ1n) is 28.6. The van der Waals surface area contributed by atoms with Gasteiger partial charge in [-0.3, -0.25) is 9.59 Å². The summed E-state index contributed by atoms with van der Waals surface area (Å²) < 4.78 is 33.7. The molecular weight excluding hydrogens is 925 g/mol. The average molecular weight is 1030 g/mol. The first-order chi connectivity index (χ1) is 35.0. The minimum absolute atomic E-state index is 0.165. The van der Waals surface area contributed by atoms with E-state index in [1.165, 1.54) is 109 Å². The molecule has 0 aromatic carbocycles. The molecule has 2 saturated heterocycles. The minimum Gasteiger partial charge on any atom is -0.462 e. The van der Waals surface area contributed by atoms with Crippen LogP contribution in [0.4, 0.5) is 0 Å². The number of carbonyl (C=O) groups excluding carboxylic acids is 2. The summed E-state index contributed by atoms with van der Waals surface area (Å²) in [4.78, 5) is 25.9. The summed E-state index contributed by atoms with van der Waals surface area (Å²) in [5.74, 6) is -0.936. The third-order valence-electron chi connectivity index (χ3n) is 13.6. The number of hydrogen-bond acceptors (Lipinski definition) is 15. The molecule has 0 aromatic rings. The number of rotatable bonds is 45. The van der Waals surface area contributed by atoms with Crippen LogP contribution < -0.4 is 0 Å². The minimum atomic E-state index is -1.77. The number of esters is 2. The van der Waals surface area contributed by atoms with Crippen LogP contribution in [0.3, 0.4) is 0 Å². The Hall–Kier alpha value is -2.28. The van der Waals surface area contributed by atoms with E-state index in [-0.39, 0.29) is 26.1 Å². The zero-order valence-electron chi connectivity index (χ0n) is 44.7. The van der Waals surface area contributed by atoms with E-state index in [0.717, 1.165) is 70.6 Å². The zero-order chi connectivity index (χ0) is 52.4. The maximum absolute atomic E-state index is 13.1. The molecule has 2 aliphatic rings. The number of allylic oxidation sites excluding steroid dienone is 6. The topological polar surface area (TPSA) is 231 Å². The zero-order valence-corrected chi connectivity index (χ0v) is 44.7. The molecule has 15 heteroatoms. The van der Waals surface area contributed by atoms with Crippen molar-refractivity contribution in [3.8, 4) is 0 Å². The lowest BCUT2D eigenvalue weighted by molar-refractivity contribution is -0.332. The van der Waals surface area contributed by atoms with Gasteiger partial charge in [0, 0.05) is 12.8 Å². The lowest BCUT2D eigenvalue weighted by Gasteiger charge is -2.42. The van der Waals surface area contributed by atoms with Crippen LogP contribution in [0.15, 0.2) is 36.5 Å². The smallest absolute Gasteiger partial charge is 0.306 e. The number of unbranched alkanes of at least 4 members (excludes halogenated alkanes) is 25. The second-order valence-electron chi connectivity index (χ2n) is 20.1. The Morgan fingerprint density at radius 3 is 1.38 bits per heavy atom. The van der Waals surface area contributed by atoms with Gasteiger partial charge in [-0.1, -0.05) is 198 Å². The third kappa shape index (κ3) is 30.9. The quantitative estimate of drug-likeness (QED) is 0.0171. The first kappa shape index (κ1) is 65.8. The summed E-state index contributed by atoms with van der Waals surface area (Å²) in [7, 11) is 0. The van der Waals surface area contributed by atoms with Crippen molar-refractivity contribution in [1.82, 2.24) is 0 Å². The predicted octanol–water partition coefficient (Wildman–Crippen LogP) is 9.27. The second-order valence-corrected chi connectivity index (χ2v) is 20.1. The molecule has 0 bridgehead atoms. The molecule has 0 radical (unpaired) electrons. The Morgan fingerprint density at radius 2 is 0.875 bits per heavy atom. The second kappa shape index (κ2) is 43.9. The van der Waals surface area contributed by atoms with Crippen molar-refractivity contribution in [2.24, 2.45) is 0 Å². The van der Waals surface area contributed by atoms with Crippen molar-refractivity contribution >= 4 is 11.9 Å². The van der Waals surface area contributed by atoms with E-state index in [2.05, 4.69) is 50.3 Å². The Balaban J connectivity index is 1.75. The van der Waals surface area contributed by atoms with Gasteiger partial charge in [0.05, 0.1) is 19.8 Å². The Bertz CT molecular complexity index is 1390. The summed E-state index contributed by atoms with van der Waals surface area (Å²) in [6.45, 7) is 2.49. The number of ether oxygens (including phenoxy) is 6. The van der Waals surface area contributed by atoms with E-state index >= 15 is 0 Å². The van der Waals surface area contributed by atoms with Crippen molar-refractivity contribution in [3.05, 3.63) is 36.5 Å². The van der Waals surface area contributed by atoms with Crippen molar-refractivity contribution in [1.29, 1.82) is 0 Å². The van der Waals surface area contributed by atoms with Gasteiger partial charge in [0.15, 0.2) is 18.7 Å². The van der Waals surface area contributed by atoms with Crippen molar-refractivity contribution < 1.29 is 73.8 Å². The summed E-state index contributed by atoms with van der Waals surface area (Å²) >= 11 is 0. The summed E-state index contributed by atoms with van der Waals surface area (Å²) in [6, 6.07) is 0. The summed E-state index contributed by atoms with van der Waals surface area (Å²) in [5.41, 5.74) is 0. The van der Waals surface area contributed by atoms with E-state index in [1.54, 1.807) is 0 Å². The molecule has 4 unspecified atom stereocenters. The van der Waals surface area contributed by atoms with Crippen LogP contribution in [0.2, 0.25) is 0 Å². The van der Waals surface area contributed by atoms with E-state index in [0.29, 0.717) is 12.8 Å². The maximum Gasteiger partial charge on any atom is 0.306 e. The fourth-order valence-electron chi connectivity index (χ4n) is 9.00. The molecular formula is C57H102O15. The highest BCUT2D eigenvalue weighted by atomic mass is 16.7. The van der Waals surface area contributed by atoms with E-state index in [4.69, 9.17) is 28.4 Å². The molecule has 2 rings (SSSR count). The lowest BCUT2D eigenvalue weighted by Crippen LogP contribution is -2.61. The van der Waals surface area contributed by atoms with Crippen LogP contribution in [-0.2, 0) is 38.0 Å². The molecule has 0 saturated carbocycles. The Labute approximate surface area is 434 Å². The van der Waals surface area contributed by atoms with Crippen LogP contribution in [0.5, 0.6) is 0 Å². The van der Waals surface area contributed by atoms with Crippen LogP contribution in [0, 0.1) is 0 Å². The van der Waals surface area contributed by atoms with Crippen LogP contribution >= 0.6 is 0 Å². The molecule has 7 N–H and O–H groups in total. The van der Waals surface area contributed by atoms with Gasteiger partial charge in [-0.25, -0.2) is 0 Å². The SMILES string of the molecule is CC/C=C/C/C=C/C/C=C/CCCCCCCC(=O)OC[C@H](CO[C@H]1O[C@@H](CO[C@H]2O[C@@H](CO)[C@@H](O)C(O)C2O)[C@@H](O)C(O)C1O)OC(=O)CCCCCCCCCCCCCCCCCCCCCCC. The number of hydrogen-bond donors (Lipinski definition) is 7. The highest BCUT2D eigenvalue weighted by molar-refractivity contribution is 5.70. The molecule has 2 aliphatic heterocycles. The third-order valence-corrected chi connectivity index (χ3v) is 13.6. The van der Waals surface area contributed by atoms with E-state index in [1.807, 2.05) is 0 Å². The highest BCUT2D eigenvalue weighted by Gasteiger charge is 2.47. The largest absolute Gasteiger partial charge is 0.462 e. The Kier molecular flexibility index (Phi) is 40.1. The monoisotopic (exact) mass is 1030 g/mol. The molecule has 0 aromatic heterocycles. The molecule has 15 nitrogen and oxygen atoms in total. The predicted molar refractivity (Wildman–Crippen MR) is 280 cm³/mol. The van der Waals surface area contributed by atoms with Crippen LogP contribution in [0.25, 0.3) is 0 Å². The molecule has 0 spiro atoms. The van der Waals surface area contributed by atoms with Gasteiger partial charge < -0.3 is 64.2 Å².